The fourth-order valence-corrected chi connectivity index (χ4v) is 2.84. The summed E-state index contributed by atoms with van der Waals surface area (Å²) in [6, 6.07) is 26.8. The number of carbonyl (C=O) groups is 1. The molecule has 0 aliphatic carbocycles. The van der Waals surface area contributed by atoms with E-state index in [4.69, 9.17) is 9.47 Å². The monoisotopic (exact) mass is 361 g/mol. The first-order chi connectivity index (χ1) is 13.2. The van der Waals surface area contributed by atoms with E-state index in [1.54, 1.807) is 26.2 Å². The molecule has 0 aliphatic heterocycles. The summed E-state index contributed by atoms with van der Waals surface area (Å²) < 4.78 is 11.0. The number of benzene rings is 3. The van der Waals surface area contributed by atoms with Crippen molar-refractivity contribution in [2.45, 2.75) is 19.1 Å². The van der Waals surface area contributed by atoms with E-state index in [1.807, 2.05) is 72.8 Å². The largest absolute Gasteiger partial charge is 0.497 e. The number of amides is 1. The minimum absolute atomic E-state index is 0.185. The lowest BCUT2D eigenvalue weighted by molar-refractivity contribution is -0.127. The Morgan fingerprint density at radius 3 is 1.93 bits per heavy atom. The molecule has 1 unspecified atom stereocenters. The van der Waals surface area contributed by atoms with Gasteiger partial charge in [0.25, 0.3) is 5.91 Å². The Morgan fingerprint density at radius 1 is 0.815 bits per heavy atom. The summed E-state index contributed by atoms with van der Waals surface area (Å²) in [5.74, 6) is 1.09. The minimum atomic E-state index is -0.646. The van der Waals surface area contributed by atoms with Crippen LogP contribution in [0.25, 0.3) is 0 Å². The van der Waals surface area contributed by atoms with Crippen LogP contribution >= 0.6 is 0 Å². The molecule has 1 amide bonds. The van der Waals surface area contributed by atoms with E-state index < -0.39 is 6.10 Å². The van der Waals surface area contributed by atoms with Gasteiger partial charge in [0.2, 0.25) is 0 Å². The van der Waals surface area contributed by atoms with Crippen molar-refractivity contribution in [3.63, 3.8) is 0 Å². The van der Waals surface area contributed by atoms with Crippen LogP contribution in [0.2, 0.25) is 0 Å². The van der Waals surface area contributed by atoms with E-state index in [9.17, 15) is 4.79 Å². The van der Waals surface area contributed by atoms with Crippen LogP contribution in [0.4, 0.5) is 0 Å². The molecule has 138 valence electrons. The van der Waals surface area contributed by atoms with Crippen molar-refractivity contribution in [2.24, 2.45) is 0 Å². The summed E-state index contributed by atoms with van der Waals surface area (Å²) in [4.78, 5) is 12.8. The van der Waals surface area contributed by atoms with Crippen molar-refractivity contribution in [2.75, 3.05) is 7.11 Å². The van der Waals surface area contributed by atoms with Crippen molar-refractivity contribution in [1.82, 2.24) is 5.32 Å². The average Bonchev–Trinajstić information content (AvgIpc) is 2.73. The number of carbonyl (C=O) groups excluding carboxylic acids is 1. The van der Waals surface area contributed by atoms with Crippen LogP contribution in [0.3, 0.4) is 0 Å². The molecule has 0 spiro atoms. The smallest absolute Gasteiger partial charge is 0.261 e. The number of rotatable bonds is 7. The Morgan fingerprint density at radius 2 is 1.37 bits per heavy atom. The Labute approximate surface area is 159 Å². The minimum Gasteiger partial charge on any atom is -0.497 e. The normalized spacial score (nSPS) is 11.7. The maximum atomic E-state index is 12.8. The summed E-state index contributed by atoms with van der Waals surface area (Å²) in [6.07, 6.45) is -0.646. The zero-order valence-electron chi connectivity index (χ0n) is 15.5. The highest BCUT2D eigenvalue weighted by Crippen LogP contribution is 2.23. The van der Waals surface area contributed by atoms with Crippen LogP contribution in [0.1, 0.15) is 24.1 Å². The molecule has 27 heavy (non-hydrogen) atoms. The number of hydrogen-bond acceptors (Lipinski definition) is 3. The predicted octanol–water partition coefficient (Wildman–Crippen LogP) is 4.37. The van der Waals surface area contributed by atoms with E-state index in [1.165, 1.54) is 0 Å². The average molecular weight is 361 g/mol. The highest BCUT2D eigenvalue weighted by Gasteiger charge is 2.21. The Balaban J connectivity index is 1.76. The van der Waals surface area contributed by atoms with Crippen molar-refractivity contribution in [1.29, 1.82) is 0 Å². The molecule has 0 radical (unpaired) electrons. The van der Waals surface area contributed by atoms with Crippen LogP contribution < -0.4 is 14.8 Å². The standard InChI is InChI=1S/C23H23NO3/c1-17(27-21-15-9-14-20(16-21)26-2)23(25)24-22(18-10-5-3-6-11-18)19-12-7-4-8-13-19/h3-17,22H,1-2H3,(H,24,25). The molecule has 4 heteroatoms. The molecule has 0 fully saturated rings. The van der Waals surface area contributed by atoms with Gasteiger partial charge in [-0.3, -0.25) is 4.79 Å². The molecule has 0 saturated heterocycles. The molecule has 4 nitrogen and oxygen atoms in total. The first-order valence-corrected chi connectivity index (χ1v) is 8.88. The zero-order valence-corrected chi connectivity index (χ0v) is 15.5. The maximum absolute atomic E-state index is 12.8. The van der Waals surface area contributed by atoms with Crippen LogP contribution in [-0.2, 0) is 4.79 Å². The maximum Gasteiger partial charge on any atom is 0.261 e. The number of hydrogen-bond donors (Lipinski definition) is 1. The summed E-state index contributed by atoms with van der Waals surface area (Å²) >= 11 is 0. The van der Waals surface area contributed by atoms with E-state index in [0.717, 1.165) is 11.1 Å². The van der Waals surface area contributed by atoms with Crippen molar-refractivity contribution in [3.05, 3.63) is 96.1 Å². The topological polar surface area (TPSA) is 47.6 Å². The first kappa shape index (κ1) is 18.5. The number of methoxy groups -OCH3 is 1. The Bertz CT molecular complexity index is 826. The fraction of sp³-hybridized carbons (Fsp3) is 0.174. The lowest BCUT2D eigenvalue weighted by Crippen LogP contribution is -2.39. The predicted molar refractivity (Wildman–Crippen MR) is 106 cm³/mol. The highest BCUT2D eigenvalue weighted by molar-refractivity contribution is 5.81. The SMILES string of the molecule is COc1cccc(OC(C)C(=O)NC(c2ccccc2)c2ccccc2)c1. The van der Waals surface area contributed by atoms with Gasteiger partial charge in [-0.05, 0) is 30.2 Å². The molecule has 0 saturated carbocycles. The third-order valence-corrected chi connectivity index (χ3v) is 4.28. The Kier molecular flexibility index (Phi) is 6.10. The molecule has 3 aromatic carbocycles. The van der Waals surface area contributed by atoms with Gasteiger partial charge in [-0.2, -0.15) is 0 Å². The van der Waals surface area contributed by atoms with Gasteiger partial charge in [-0.15, -0.1) is 0 Å². The first-order valence-electron chi connectivity index (χ1n) is 8.88. The van der Waals surface area contributed by atoms with Crippen LogP contribution in [-0.4, -0.2) is 19.1 Å². The molecule has 1 N–H and O–H groups in total. The molecular weight excluding hydrogens is 338 g/mol. The Hall–Kier alpha value is -3.27. The molecule has 1 atom stereocenters. The van der Waals surface area contributed by atoms with E-state index >= 15 is 0 Å². The summed E-state index contributed by atoms with van der Waals surface area (Å²) in [7, 11) is 1.60. The lowest BCUT2D eigenvalue weighted by Gasteiger charge is -2.22. The second kappa shape index (κ2) is 8.90. The van der Waals surface area contributed by atoms with Gasteiger partial charge in [-0.1, -0.05) is 66.7 Å². The van der Waals surface area contributed by atoms with E-state index in [0.29, 0.717) is 11.5 Å². The van der Waals surface area contributed by atoms with Crippen LogP contribution in [0.15, 0.2) is 84.9 Å². The summed E-state index contributed by atoms with van der Waals surface area (Å²) in [5.41, 5.74) is 2.04. The molecule has 0 bridgehead atoms. The molecule has 0 heterocycles. The van der Waals surface area contributed by atoms with Crippen molar-refractivity contribution in [3.8, 4) is 11.5 Å². The lowest BCUT2D eigenvalue weighted by atomic mass is 9.98. The highest BCUT2D eigenvalue weighted by atomic mass is 16.5. The quantitative estimate of drug-likeness (QED) is 0.680. The van der Waals surface area contributed by atoms with Crippen molar-refractivity contribution >= 4 is 5.91 Å². The van der Waals surface area contributed by atoms with Crippen LogP contribution in [0.5, 0.6) is 11.5 Å². The van der Waals surface area contributed by atoms with Gasteiger partial charge in [-0.25, -0.2) is 0 Å². The van der Waals surface area contributed by atoms with Crippen molar-refractivity contribution < 1.29 is 14.3 Å². The summed E-state index contributed by atoms with van der Waals surface area (Å²) in [5, 5.41) is 3.10. The molecule has 3 rings (SSSR count). The van der Waals surface area contributed by atoms with Gasteiger partial charge < -0.3 is 14.8 Å². The van der Waals surface area contributed by atoms with Gasteiger partial charge in [0.1, 0.15) is 11.5 Å². The molecule has 0 aromatic heterocycles. The fourth-order valence-electron chi connectivity index (χ4n) is 2.84. The van der Waals surface area contributed by atoms with E-state index in [-0.39, 0.29) is 11.9 Å². The second-order valence-corrected chi connectivity index (χ2v) is 6.20. The molecule has 0 aliphatic rings. The van der Waals surface area contributed by atoms with Gasteiger partial charge in [0, 0.05) is 6.07 Å². The van der Waals surface area contributed by atoms with E-state index in [2.05, 4.69) is 5.32 Å². The number of ether oxygens (including phenoxy) is 2. The van der Waals surface area contributed by atoms with Crippen LogP contribution in [0, 0.1) is 0 Å². The van der Waals surface area contributed by atoms with Gasteiger partial charge in [0.05, 0.1) is 13.2 Å². The zero-order chi connectivity index (χ0) is 19.1. The van der Waals surface area contributed by atoms with Gasteiger partial charge >= 0.3 is 0 Å². The molecular formula is C23H23NO3. The molecule has 3 aromatic rings. The third-order valence-electron chi connectivity index (χ3n) is 4.28. The number of nitrogens with one attached hydrogen (secondary N) is 1. The second-order valence-electron chi connectivity index (χ2n) is 6.20. The van der Waals surface area contributed by atoms with Gasteiger partial charge in [0.15, 0.2) is 6.10 Å². The summed E-state index contributed by atoms with van der Waals surface area (Å²) in [6.45, 7) is 1.74. The third kappa shape index (κ3) is 4.88.